The molecule has 0 fully saturated rings. The summed E-state index contributed by atoms with van der Waals surface area (Å²) < 4.78 is 16.4. The summed E-state index contributed by atoms with van der Waals surface area (Å²) in [6.45, 7) is 4.36. The Balaban J connectivity index is 2.30. The van der Waals surface area contributed by atoms with Crippen molar-refractivity contribution >= 4 is 38.6 Å². The number of rotatable bonds is 7. The Labute approximate surface area is 138 Å². The van der Waals surface area contributed by atoms with Crippen LogP contribution >= 0.6 is 27.5 Å². The van der Waals surface area contributed by atoms with Crippen LogP contribution in [0.5, 0.6) is 0 Å². The van der Waals surface area contributed by atoms with E-state index in [1.54, 1.807) is 12.1 Å². The van der Waals surface area contributed by atoms with Crippen LogP contribution < -0.4 is 0 Å². The molecule has 1 unspecified atom stereocenters. The van der Waals surface area contributed by atoms with E-state index in [1.165, 1.54) is 25.7 Å². The number of nitrogens with zero attached hydrogens (tertiary/aromatic N) is 2. The molecule has 2 aromatic rings. The van der Waals surface area contributed by atoms with Gasteiger partial charge in [0.1, 0.15) is 11.6 Å². The van der Waals surface area contributed by atoms with Crippen LogP contribution in [0.25, 0.3) is 11.0 Å². The molecule has 21 heavy (non-hydrogen) atoms. The van der Waals surface area contributed by atoms with E-state index in [0.29, 0.717) is 10.4 Å². The Hall–Kier alpha value is -0.610. The Kier molecular flexibility index (Phi) is 6.06. The fraction of sp³-hybridized carbons (Fsp3) is 0.562. The number of imidazole rings is 1. The zero-order valence-electron chi connectivity index (χ0n) is 12.5. The lowest BCUT2D eigenvalue weighted by Gasteiger charge is -2.17. The Morgan fingerprint density at radius 2 is 2.10 bits per heavy atom. The maximum absolute atomic E-state index is 13.8. The molecule has 0 saturated heterocycles. The Morgan fingerprint density at radius 1 is 1.33 bits per heavy atom. The van der Waals surface area contributed by atoms with E-state index >= 15 is 0 Å². The van der Waals surface area contributed by atoms with E-state index in [0.717, 1.165) is 23.3 Å². The van der Waals surface area contributed by atoms with Crippen LogP contribution in [0, 0.1) is 5.82 Å². The van der Waals surface area contributed by atoms with E-state index in [2.05, 4.69) is 39.3 Å². The molecule has 5 heteroatoms. The van der Waals surface area contributed by atoms with Crippen LogP contribution in [0.1, 0.15) is 57.8 Å². The van der Waals surface area contributed by atoms with E-state index < -0.39 is 0 Å². The monoisotopic (exact) mass is 374 g/mol. The number of aromatic nitrogens is 2. The third kappa shape index (κ3) is 3.78. The highest BCUT2D eigenvalue weighted by molar-refractivity contribution is 9.10. The normalized spacial score (nSPS) is 13.0. The summed E-state index contributed by atoms with van der Waals surface area (Å²) in [6.07, 6.45) is 5.97. The van der Waals surface area contributed by atoms with Gasteiger partial charge in [-0.25, -0.2) is 9.37 Å². The van der Waals surface area contributed by atoms with Crippen molar-refractivity contribution in [3.8, 4) is 0 Å². The lowest BCUT2D eigenvalue weighted by Crippen LogP contribution is -2.08. The Morgan fingerprint density at radius 3 is 2.76 bits per heavy atom. The second kappa shape index (κ2) is 7.59. The molecule has 116 valence electrons. The van der Waals surface area contributed by atoms with Gasteiger partial charge in [-0.05, 0) is 35.3 Å². The van der Waals surface area contributed by atoms with Crippen LogP contribution in [0.15, 0.2) is 16.6 Å². The van der Waals surface area contributed by atoms with Crippen molar-refractivity contribution in [1.29, 1.82) is 0 Å². The highest BCUT2D eigenvalue weighted by Crippen LogP contribution is 2.29. The van der Waals surface area contributed by atoms with Gasteiger partial charge in [0.15, 0.2) is 0 Å². The topological polar surface area (TPSA) is 17.8 Å². The van der Waals surface area contributed by atoms with Gasteiger partial charge in [-0.3, -0.25) is 0 Å². The van der Waals surface area contributed by atoms with Gasteiger partial charge in [-0.15, -0.1) is 11.6 Å². The van der Waals surface area contributed by atoms with E-state index in [1.807, 2.05) is 0 Å². The molecule has 0 radical (unpaired) electrons. The van der Waals surface area contributed by atoms with Crippen LogP contribution in [0.3, 0.4) is 0 Å². The summed E-state index contributed by atoms with van der Waals surface area (Å²) >= 11 is 9.23. The van der Waals surface area contributed by atoms with Gasteiger partial charge >= 0.3 is 0 Å². The third-order valence-corrected chi connectivity index (χ3v) is 4.69. The number of benzene rings is 1. The summed E-state index contributed by atoms with van der Waals surface area (Å²) in [7, 11) is 0. The van der Waals surface area contributed by atoms with Crippen LogP contribution in [0.2, 0.25) is 0 Å². The molecule has 1 atom stereocenters. The quantitative estimate of drug-likeness (QED) is 0.415. The van der Waals surface area contributed by atoms with Gasteiger partial charge < -0.3 is 4.57 Å². The van der Waals surface area contributed by atoms with Gasteiger partial charge in [0.05, 0.1) is 21.4 Å². The van der Waals surface area contributed by atoms with Crippen molar-refractivity contribution in [2.45, 2.75) is 57.9 Å². The molecular formula is C16H21BrClFN2. The fourth-order valence-electron chi connectivity index (χ4n) is 2.72. The van der Waals surface area contributed by atoms with E-state index in [9.17, 15) is 4.39 Å². The number of hydrogen-bond acceptors (Lipinski definition) is 1. The highest BCUT2D eigenvalue weighted by atomic mass is 79.9. The fourth-order valence-corrected chi connectivity index (χ4v) is 3.24. The Bertz CT molecular complexity index is 612. The molecule has 0 bridgehead atoms. The third-order valence-electron chi connectivity index (χ3n) is 3.84. The first kappa shape index (κ1) is 16.8. The first-order chi connectivity index (χ1) is 10.1. The molecular weight excluding hydrogens is 355 g/mol. The maximum atomic E-state index is 13.8. The smallest absolute Gasteiger partial charge is 0.139 e. The van der Waals surface area contributed by atoms with Crippen LogP contribution in [0.4, 0.5) is 4.39 Å². The minimum Gasteiger partial charge on any atom is -0.324 e. The predicted octanol–water partition coefficient (Wildman–Crippen LogP) is 6.21. The molecule has 0 amide bonds. The van der Waals surface area contributed by atoms with Crippen LogP contribution in [-0.4, -0.2) is 9.55 Å². The first-order valence-corrected chi connectivity index (χ1v) is 8.83. The zero-order valence-corrected chi connectivity index (χ0v) is 14.8. The summed E-state index contributed by atoms with van der Waals surface area (Å²) in [4.78, 5) is 4.53. The van der Waals surface area contributed by atoms with E-state index in [-0.39, 0.29) is 11.9 Å². The molecule has 1 heterocycles. The van der Waals surface area contributed by atoms with Crippen molar-refractivity contribution in [3.63, 3.8) is 0 Å². The summed E-state index contributed by atoms with van der Waals surface area (Å²) in [5.41, 5.74) is 1.62. The van der Waals surface area contributed by atoms with Gasteiger partial charge in [-0.2, -0.15) is 0 Å². The summed E-state index contributed by atoms with van der Waals surface area (Å²) in [5.74, 6) is 0.892. The average Bonchev–Trinajstić information content (AvgIpc) is 2.81. The summed E-state index contributed by atoms with van der Waals surface area (Å²) in [5, 5.41) is 0. The molecule has 0 aliphatic heterocycles. The number of halogens is 3. The number of fused-ring (bicyclic) bond motifs is 1. The molecule has 2 rings (SSSR count). The number of alkyl halides is 1. The standard InChI is InChI=1S/C16H21BrClFN2/c1-3-4-5-6-7-11(2)21-15-9-13(19)12(17)8-14(15)20-16(21)10-18/h8-9,11H,3-7,10H2,1-2H3. The minimum atomic E-state index is -0.261. The molecule has 2 nitrogen and oxygen atoms in total. The van der Waals surface area contributed by atoms with Gasteiger partial charge in [0.25, 0.3) is 0 Å². The predicted molar refractivity (Wildman–Crippen MR) is 90.4 cm³/mol. The minimum absolute atomic E-state index is 0.261. The molecule has 1 aromatic heterocycles. The number of unbranched alkanes of at least 4 members (excludes halogenated alkanes) is 3. The molecule has 0 aliphatic carbocycles. The molecule has 0 spiro atoms. The summed E-state index contributed by atoms with van der Waals surface area (Å²) in [6, 6.07) is 3.55. The van der Waals surface area contributed by atoms with Crippen molar-refractivity contribution < 1.29 is 4.39 Å². The van der Waals surface area contributed by atoms with Gasteiger partial charge in [-0.1, -0.05) is 32.6 Å². The SMILES string of the molecule is CCCCCCC(C)n1c(CCl)nc2cc(Br)c(F)cc21. The first-order valence-electron chi connectivity index (χ1n) is 7.50. The van der Waals surface area contributed by atoms with Crippen LogP contribution in [-0.2, 0) is 5.88 Å². The largest absolute Gasteiger partial charge is 0.324 e. The second-order valence-electron chi connectivity index (χ2n) is 5.49. The second-order valence-corrected chi connectivity index (χ2v) is 6.61. The average molecular weight is 376 g/mol. The number of hydrogen-bond donors (Lipinski definition) is 0. The highest BCUT2D eigenvalue weighted by Gasteiger charge is 2.17. The van der Waals surface area contributed by atoms with E-state index in [4.69, 9.17) is 11.6 Å². The lowest BCUT2D eigenvalue weighted by molar-refractivity contribution is 0.472. The molecule has 0 N–H and O–H groups in total. The lowest BCUT2D eigenvalue weighted by atomic mass is 10.1. The van der Waals surface area contributed by atoms with Gasteiger partial charge in [0, 0.05) is 12.1 Å². The molecule has 0 saturated carbocycles. The van der Waals surface area contributed by atoms with Crippen molar-refractivity contribution in [2.24, 2.45) is 0 Å². The molecule has 0 aliphatic rings. The van der Waals surface area contributed by atoms with Crippen molar-refractivity contribution in [1.82, 2.24) is 9.55 Å². The van der Waals surface area contributed by atoms with Gasteiger partial charge in [0.2, 0.25) is 0 Å². The maximum Gasteiger partial charge on any atom is 0.139 e. The van der Waals surface area contributed by atoms with Crippen molar-refractivity contribution in [2.75, 3.05) is 0 Å². The zero-order chi connectivity index (χ0) is 15.4. The molecule has 1 aromatic carbocycles. The van der Waals surface area contributed by atoms with Crippen molar-refractivity contribution in [3.05, 3.63) is 28.2 Å².